The van der Waals surface area contributed by atoms with E-state index in [1.807, 2.05) is 24.3 Å². The fraction of sp³-hybridized carbons (Fsp3) is 0.364. The summed E-state index contributed by atoms with van der Waals surface area (Å²) in [5.41, 5.74) is 2.78. The van der Waals surface area contributed by atoms with Crippen LogP contribution in [0.1, 0.15) is 30.5 Å². The molecule has 0 saturated heterocycles. The molecule has 0 fully saturated rings. The zero-order valence-electron chi connectivity index (χ0n) is 16.7. The molecular formula is C22H27N3O3. The van der Waals surface area contributed by atoms with Gasteiger partial charge in [-0.05, 0) is 36.3 Å². The first kappa shape index (κ1) is 21.3. The van der Waals surface area contributed by atoms with Crippen LogP contribution in [-0.4, -0.2) is 37.6 Å². The summed E-state index contributed by atoms with van der Waals surface area (Å²) in [6, 6.07) is 15.0. The van der Waals surface area contributed by atoms with E-state index in [4.69, 9.17) is 14.7 Å². The second kappa shape index (κ2) is 11.0. The Morgan fingerprint density at radius 1 is 1.11 bits per heavy atom. The second-order valence-corrected chi connectivity index (χ2v) is 6.27. The molecule has 1 N–H and O–H groups in total. The van der Waals surface area contributed by atoms with Gasteiger partial charge in [0.1, 0.15) is 0 Å². The number of hydrogen-bond donors (Lipinski definition) is 1. The predicted octanol–water partition coefficient (Wildman–Crippen LogP) is 3.10. The van der Waals surface area contributed by atoms with E-state index in [9.17, 15) is 4.79 Å². The van der Waals surface area contributed by atoms with E-state index >= 15 is 0 Å². The fourth-order valence-electron chi connectivity index (χ4n) is 2.82. The molecule has 0 atom stereocenters. The largest absolute Gasteiger partial charge is 0.493 e. The number of nitrogens with zero attached hydrogens (tertiary/aromatic N) is 2. The summed E-state index contributed by atoms with van der Waals surface area (Å²) in [7, 11) is 1.50. The van der Waals surface area contributed by atoms with Gasteiger partial charge in [0.05, 0.1) is 18.7 Å². The lowest BCUT2D eigenvalue weighted by Gasteiger charge is -2.20. The molecule has 2 aromatic carbocycles. The highest BCUT2D eigenvalue weighted by Gasteiger charge is 2.10. The van der Waals surface area contributed by atoms with Crippen LogP contribution in [0.3, 0.4) is 0 Å². The number of nitrogens with one attached hydrogen (secondary N) is 1. The molecule has 6 nitrogen and oxygen atoms in total. The lowest BCUT2D eigenvalue weighted by Crippen LogP contribution is -2.29. The Morgan fingerprint density at radius 2 is 1.82 bits per heavy atom. The van der Waals surface area contributed by atoms with Crippen LogP contribution in [0.5, 0.6) is 11.5 Å². The summed E-state index contributed by atoms with van der Waals surface area (Å²) in [6.45, 7) is 7.43. The second-order valence-electron chi connectivity index (χ2n) is 6.27. The molecule has 6 heteroatoms. The molecule has 0 bridgehead atoms. The van der Waals surface area contributed by atoms with Gasteiger partial charge in [0.25, 0.3) is 5.91 Å². The Bertz CT molecular complexity index is 826. The summed E-state index contributed by atoms with van der Waals surface area (Å²) in [6.07, 6.45) is 0. The van der Waals surface area contributed by atoms with E-state index in [0.29, 0.717) is 23.6 Å². The SMILES string of the molecule is CCN(CC)Cc1ccccc1CNC(=O)COc1ccc(C#N)cc1OC. The third-order valence-electron chi connectivity index (χ3n) is 4.53. The van der Waals surface area contributed by atoms with E-state index in [1.165, 1.54) is 12.7 Å². The Kier molecular flexibility index (Phi) is 8.32. The summed E-state index contributed by atoms with van der Waals surface area (Å²) in [5, 5.41) is 11.8. The number of benzene rings is 2. The van der Waals surface area contributed by atoms with Crippen LogP contribution in [-0.2, 0) is 17.9 Å². The van der Waals surface area contributed by atoms with Gasteiger partial charge in [-0.2, -0.15) is 5.26 Å². The number of nitriles is 1. The number of amides is 1. The Labute approximate surface area is 166 Å². The van der Waals surface area contributed by atoms with E-state index in [2.05, 4.69) is 30.1 Å². The molecule has 0 radical (unpaired) electrons. The summed E-state index contributed by atoms with van der Waals surface area (Å²) >= 11 is 0. The number of carbonyl (C=O) groups excluding carboxylic acids is 1. The van der Waals surface area contributed by atoms with Gasteiger partial charge in [-0.3, -0.25) is 9.69 Å². The first-order valence-electron chi connectivity index (χ1n) is 9.38. The predicted molar refractivity (Wildman–Crippen MR) is 108 cm³/mol. The van der Waals surface area contributed by atoms with Crippen LogP contribution >= 0.6 is 0 Å². The normalized spacial score (nSPS) is 10.4. The first-order valence-corrected chi connectivity index (χ1v) is 9.38. The van der Waals surface area contributed by atoms with Crippen molar-refractivity contribution in [1.82, 2.24) is 10.2 Å². The summed E-state index contributed by atoms with van der Waals surface area (Å²) < 4.78 is 10.8. The quantitative estimate of drug-likeness (QED) is 0.684. The first-order chi connectivity index (χ1) is 13.6. The molecule has 0 aromatic heterocycles. The van der Waals surface area contributed by atoms with Gasteiger partial charge >= 0.3 is 0 Å². The lowest BCUT2D eigenvalue weighted by atomic mass is 10.1. The highest BCUT2D eigenvalue weighted by atomic mass is 16.5. The van der Waals surface area contributed by atoms with Crippen molar-refractivity contribution < 1.29 is 14.3 Å². The molecule has 2 aromatic rings. The molecule has 0 aliphatic carbocycles. The van der Waals surface area contributed by atoms with Crippen LogP contribution in [0.15, 0.2) is 42.5 Å². The maximum atomic E-state index is 12.2. The number of carbonyl (C=O) groups is 1. The smallest absolute Gasteiger partial charge is 0.258 e. The van der Waals surface area contributed by atoms with Gasteiger partial charge in [0.15, 0.2) is 18.1 Å². The molecule has 0 spiro atoms. The fourth-order valence-corrected chi connectivity index (χ4v) is 2.82. The topological polar surface area (TPSA) is 74.6 Å². The van der Waals surface area contributed by atoms with Gasteiger partial charge in [-0.25, -0.2) is 0 Å². The third-order valence-corrected chi connectivity index (χ3v) is 4.53. The molecule has 0 aliphatic heterocycles. The molecule has 0 unspecified atom stereocenters. The zero-order valence-corrected chi connectivity index (χ0v) is 16.7. The number of rotatable bonds is 10. The highest BCUT2D eigenvalue weighted by Crippen LogP contribution is 2.27. The number of ether oxygens (including phenoxy) is 2. The van der Waals surface area contributed by atoms with Crippen molar-refractivity contribution in [1.29, 1.82) is 5.26 Å². The van der Waals surface area contributed by atoms with Crippen molar-refractivity contribution in [3.05, 3.63) is 59.2 Å². The lowest BCUT2D eigenvalue weighted by molar-refractivity contribution is -0.123. The van der Waals surface area contributed by atoms with Crippen molar-refractivity contribution in [2.75, 3.05) is 26.8 Å². The molecule has 0 aliphatic rings. The van der Waals surface area contributed by atoms with E-state index in [1.54, 1.807) is 18.2 Å². The molecule has 2 rings (SSSR count). The van der Waals surface area contributed by atoms with Crippen LogP contribution in [0.2, 0.25) is 0 Å². The van der Waals surface area contributed by atoms with E-state index < -0.39 is 0 Å². The van der Waals surface area contributed by atoms with Crippen molar-refractivity contribution in [3.63, 3.8) is 0 Å². The molecule has 148 valence electrons. The van der Waals surface area contributed by atoms with Gasteiger partial charge in [-0.1, -0.05) is 38.1 Å². The van der Waals surface area contributed by atoms with E-state index in [0.717, 1.165) is 25.2 Å². The minimum absolute atomic E-state index is 0.125. The zero-order chi connectivity index (χ0) is 20.4. The average molecular weight is 381 g/mol. The molecular weight excluding hydrogens is 354 g/mol. The minimum atomic E-state index is -0.218. The molecule has 28 heavy (non-hydrogen) atoms. The van der Waals surface area contributed by atoms with E-state index in [-0.39, 0.29) is 12.5 Å². The van der Waals surface area contributed by atoms with Crippen molar-refractivity contribution in [3.8, 4) is 17.6 Å². The maximum absolute atomic E-state index is 12.2. The third kappa shape index (κ3) is 6.00. The van der Waals surface area contributed by atoms with Crippen LogP contribution in [0.25, 0.3) is 0 Å². The van der Waals surface area contributed by atoms with Gasteiger partial charge < -0.3 is 14.8 Å². The van der Waals surface area contributed by atoms with Crippen LogP contribution in [0, 0.1) is 11.3 Å². The molecule has 1 amide bonds. The Hall–Kier alpha value is -3.04. The minimum Gasteiger partial charge on any atom is -0.493 e. The standard InChI is InChI=1S/C22H27N3O3/c1-4-25(5-2)15-19-9-7-6-8-18(19)14-24-22(26)16-28-20-11-10-17(13-23)12-21(20)27-3/h6-12H,4-5,14-16H2,1-3H3,(H,24,26). The maximum Gasteiger partial charge on any atom is 0.258 e. The van der Waals surface area contributed by atoms with Crippen LogP contribution < -0.4 is 14.8 Å². The Morgan fingerprint density at radius 3 is 2.46 bits per heavy atom. The van der Waals surface area contributed by atoms with Gasteiger partial charge in [-0.15, -0.1) is 0 Å². The number of methoxy groups -OCH3 is 1. The van der Waals surface area contributed by atoms with Gasteiger partial charge in [0.2, 0.25) is 0 Å². The number of hydrogen-bond acceptors (Lipinski definition) is 5. The van der Waals surface area contributed by atoms with Crippen LogP contribution in [0.4, 0.5) is 0 Å². The van der Waals surface area contributed by atoms with Gasteiger partial charge in [0, 0.05) is 19.2 Å². The summed E-state index contributed by atoms with van der Waals surface area (Å²) in [5.74, 6) is 0.638. The summed E-state index contributed by atoms with van der Waals surface area (Å²) in [4.78, 5) is 14.6. The van der Waals surface area contributed by atoms with Crippen molar-refractivity contribution >= 4 is 5.91 Å². The Balaban J connectivity index is 1.92. The monoisotopic (exact) mass is 381 g/mol. The highest BCUT2D eigenvalue weighted by molar-refractivity contribution is 5.77. The van der Waals surface area contributed by atoms with Crippen molar-refractivity contribution in [2.45, 2.75) is 26.9 Å². The van der Waals surface area contributed by atoms with Crippen molar-refractivity contribution in [2.24, 2.45) is 0 Å². The molecule has 0 heterocycles. The molecule has 0 saturated carbocycles. The average Bonchev–Trinajstić information content (AvgIpc) is 2.74.